The van der Waals surface area contributed by atoms with Gasteiger partial charge in [-0.25, -0.2) is 0 Å². The molecule has 0 fully saturated rings. The molecule has 5 rings (SSSR count). The van der Waals surface area contributed by atoms with Crippen molar-refractivity contribution in [3.8, 4) is 0 Å². The number of rotatable bonds is 5. The van der Waals surface area contributed by atoms with Crippen LogP contribution in [0, 0.1) is 10.1 Å². The molecule has 1 amide bonds. The van der Waals surface area contributed by atoms with E-state index in [0.29, 0.717) is 22.2 Å². The molecule has 0 radical (unpaired) electrons. The molecule has 4 heterocycles. The lowest BCUT2D eigenvalue weighted by molar-refractivity contribution is -0.387. The van der Waals surface area contributed by atoms with Gasteiger partial charge in [-0.3, -0.25) is 14.9 Å². The van der Waals surface area contributed by atoms with Gasteiger partial charge in [-0.1, -0.05) is 6.07 Å². The smallest absolute Gasteiger partial charge is 0.284 e. The van der Waals surface area contributed by atoms with Gasteiger partial charge in [0, 0.05) is 35.0 Å². The van der Waals surface area contributed by atoms with Crippen LogP contribution in [0.5, 0.6) is 0 Å². The Kier molecular flexibility index (Phi) is 5.53. The Balaban J connectivity index is 1.50. The summed E-state index contributed by atoms with van der Waals surface area (Å²) in [6, 6.07) is 10.6. The highest BCUT2D eigenvalue weighted by Crippen LogP contribution is 2.41. The van der Waals surface area contributed by atoms with Crippen LogP contribution in [0.1, 0.15) is 31.7 Å². The van der Waals surface area contributed by atoms with Crippen molar-refractivity contribution in [1.29, 1.82) is 0 Å². The van der Waals surface area contributed by atoms with Crippen molar-refractivity contribution in [2.24, 2.45) is 7.05 Å². The molecule has 8 nitrogen and oxygen atoms in total. The molecule has 0 saturated carbocycles. The van der Waals surface area contributed by atoms with E-state index in [1.54, 1.807) is 46.4 Å². The van der Waals surface area contributed by atoms with E-state index >= 15 is 0 Å². The van der Waals surface area contributed by atoms with Crippen molar-refractivity contribution in [2.45, 2.75) is 22.5 Å². The van der Waals surface area contributed by atoms with Gasteiger partial charge in [-0.15, -0.1) is 32.9 Å². The first-order valence-electron chi connectivity index (χ1n) is 9.74. The number of hydrogen-bond acceptors (Lipinski definition) is 8. The molecule has 1 unspecified atom stereocenters. The fourth-order valence-corrected chi connectivity index (χ4v) is 6.41. The van der Waals surface area contributed by atoms with Crippen LogP contribution in [0.3, 0.4) is 0 Å². The molecular weight excluding hydrogens is 466 g/mol. The van der Waals surface area contributed by atoms with Gasteiger partial charge in [0.05, 0.1) is 15.9 Å². The van der Waals surface area contributed by atoms with E-state index in [0.717, 1.165) is 28.6 Å². The molecule has 0 saturated heterocycles. The summed E-state index contributed by atoms with van der Waals surface area (Å²) in [6.45, 7) is 0.568. The van der Waals surface area contributed by atoms with Crippen molar-refractivity contribution >= 4 is 46.0 Å². The quantitative estimate of drug-likeness (QED) is 0.299. The van der Waals surface area contributed by atoms with Crippen LogP contribution in [-0.2, 0) is 13.5 Å². The molecule has 1 aliphatic rings. The number of nitro groups is 1. The first-order valence-corrected chi connectivity index (χ1v) is 12.3. The van der Waals surface area contributed by atoms with E-state index in [-0.39, 0.29) is 17.6 Å². The van der Waals surface area contributed by atoms with Crippen LogP contribution in [0.25, 0.3) is 0 Å². The van der Waals surface area contributed by atoms with Gasteiger partial charge in [0.1, 0.15) is 6.33 Å². The normalized spacial score (nSPS) is 15.5. The van der Waals surface area contributed by atoms with Crippen molar-refractivity contribution in [3.05, 3.63) is 84.5 Å². The Labute approximate surface area is 195 Å². The van der Waals surface area contributed by atoms with Gasteiger partial charge < -0.3 is 9.47 Å². The van der Waals surface area contributed by atoms with Crippen LogP contribution >= 0.6 is 34.4 Å². The largest absolute Gasteiger partial charge is 0.326 e. The average Bonchev–Trinajstić information content (AvgIpc) is 3.55. The maximum absolute atomic E-state index is 13.6. The summed E-state index contributed by atoms with van der Waals surface area (Å²) in [6.07, 6.45) is 2.31. The lowest BCUT2D eigenvalue weighted by Crippen LogP contribution is -2.39. The topological polar surface area (TPSA) is 94.2 Å². The van der Waals surface area contributed by atoms with Crippen LogP contribution < -0.4 is 0 Å². The number of benzene rings is 1. The number of amides is 1. The summed E-state index contributed by atoms with van der Waals surface area (Å²) in [5.74, 6) is -0.210. The third-order valence-electron chi connectivity index (χ3n) is 5.31. The van der Waals surface area contributed by atoms with E-state index in [2.05, 4.69) is 21.6 Å². The number of thiophene rings is 2. The molecule has 1 atom stereocenters. The maximum Gasteiger partial charge on any atom is 0.284 e. The monoisotopic (exact) mass is 483 g/mol. The number of fused-ring (bicyclic) bond motifs is 1. The first-order chi connectivity index (χ1) is 15.5. The molecule has 1 aromatic carbocycles. The number of nitro benzene ring substituents is 1. The summed E-state index contributed by atoms with van der Waals surface area (Å²) < 4.78 is 1.69. The summed E-state index contributed by atoms with van der Waals surface area (Å²) >= 11 is 4.47. The zero-order valence-corrected chi connectivity index (χ0v) is 19.3. The van der Waals surface area contributed by atoms with Crippen LogP contribution in [0.4, 0.5) is 5.69 Å². The average molecular weight is 484 g/mol. The number of aromatic nitrogens is 3. The van der Waals surface area contributed by atoms with E-state index in [4.69, 9.17) is 0 Å². The van der Waals surface area contributed by atoms with E-state index in [9.17, 15) is 14.9 Å². The fraction of sp³-hybridized carbons (Fsp3) is 0.190. The Hall–Kier alpha value is -3.02. The van der Waals surface area contributed by atoms with Crippen molar-refractivity contribution < 1.29 is 9.72 Å². The highest BCUT2D eigenvalue weighted by molar-refractivity contribution is 7.99. The third kappa shape index (κ3) is 3.72. The second kappa shape index (κ2) is 8.49. The number of carbonyl (C=O) groups excluding carboxylic acids is 1. The Bertz CT molecular complexity index is 1300. The molecule has 32 heavy (non-hydrogen) atoms. The zero-order valence-electron chi connectivity index (χ0n) is 16.9. The van der Waals surface area contributed by atoms with Crippen LogP contribution in [0.2, 0.25) is 0 Å². The minimum Gasteiger partial charge on any atom is -0.326 e. The highest BCUT2D eigenvalue weighted by atomic mass is 32.2. The molecule has 162 valence electrons. The molecule has 0 aliphatic carbocycles. The Morgan fingerprint density at radius 3 is 2.84 bits per heavy atom. The molecular formula is C21H17N5O3S3. The second-order valence-electron chi connectivity index (χ2n) is 7.23. The van der Waals surface area contributed by atoms with Crippen molar-refractivity contribution in [2.75, 3.05) is 6.54 Å². The number of aryl methyl sites for hydroxylation is 1. The van der Waals surface area contributed by atoms with Gasteiger partial charge in [0.15, 0.2) is 5.16 Å². The fourth-order valence-electron chi connectivity index (χ4n) is 3.80. The summed E-state index contributed by atoms with van der Waals surface area (Å²) in [5.41, 5.74) is 1.32. The molecule has 3 aromatic heterocycles. The maximum atomic E-state index is 13.6. The SMILES string of the molecule is Cn1cnnc1Sc1ccc(C(=O)N2CCc3sccc3C2c2cccs2)cc1[N+](=O)[O-]. The third-order valence-corrected chi connectivity index (χ3v) is 8.35. The molecule has 0 N–H and O–H groups in total. The van der Waals surface area contributed by atoms with Gasteiger partial charge >= 0.3 is 0 Å². The Morgan fingerprint density at radius 1 is 1.25 bits per heavy atom. The standard InChI is InChI=1S/C21H17N5O3S3/c1-24-12-22-23-21(24)32-17-5-4-13(11-15(17)26(28)29)20(27)25-8-6-16-14(7-10-31-16)19(25)18-3-2-9-30-18/h2-5,7,9-12,19H,6,8H2,1H3. The lowest BCUT2D eigenvalue weighted by Gasteiger charge is -2.35. The van der Waals surface area contributed by atoms with Crippen LogP contribution in [0.15, 0.2) is 63.5 Å². The summed E-state index contributed by atoms with van der Waals surface area (Å²) in [5, 5.41) is 24.2. The molecule has 11 heteroatoms. The van der Waals surface area contributed by atoms with Gasteiger partial charge in [0.2, 0.25) is 0 Å². The van der Waals surface area contributed by atoms with Crippen molar-refractivity contribution in [3.63, 3.8) is 0 Å². The van der Waals surface area contributed by atoms with E-state index in [1.807, 2.05) is 22.4 Å². The number of hydrogen-bond donors (Lipinski definition) is 0. The first kappa shape index (κ1) is 20.9. The predicted octanol–water partition coefficient (Wildman–Crippen LogP) is 4.79. The summed E-state index contributed by atoms with van der Waals surface area (Å²) in [4.78, 5) is 29.5. The summed E-state index contributed by atoms with van der Waals surface area (Å²) in [7, 11) is 1.77. The van der Waals surface area contributed by atoms with Gasteiger partial charge in [-0.2, -0.15) is 0 Å². The number of nitrogens with zero attached hydrogens (tertiary/aromatic N) is 5. The van der Waals surface area contributed by atoms with Crippen LogP contribution in [-0.4, -0.2) is 37.0 Å². The van der Waals surface area contributed by atoms with Gasteiger partial charge in [-0.05, 0) is 58.8 Å². The lowest BCUT2D eigenvalue weighted by atomic mass is 9.97. The minimum atomic E-state index is -0.459. The predicted molar refractivity (Wildman–Crippen MR) is 123 cm³/mol. The minimum absolute atomic E-state index is 0.121. The molecule has 0 spiro atoms. The van der Waals surface area contributed by atoms with E-state index < -0.39 is 4.92 Å². The zero-order chi connectivity index (χ0) is 22.2. The number of carbonyl (C=O) groups is 1. The van der Waals surface area contributed by atoms with Gasteiger partial charge in [0.25, 0.3) is 11.6 Å². The Morgan fingerprint density at radius 2 is 2.12 bits per heavy atom. The molecule has 4 aromatic rings. The van der Waals surface area contributed by atoms with E-state index in [1.165, 1.54) is 17.3 Å². The molecule has 0 bridgehead atoms. The van der Waals surface area contributed by atoms with Crippen molar-refractivity contribution in [1.82, 2.24) is 19.7 Å². The molecule has 1 aliphatic heterocycles. The second-order valence-corrected chi connectivity index (χ2v) is 10.2. The highest BCUT2D eigenvalue weighted by Gasteiger charge is 2.34.